The number of benzene rings is 2. The van der Waals surface area contributed by atoms with Gasteiger partial charge in [0.2, 0.25) is 0 Å². The number of fused-ring (bicyclic) bond motifs is 2. The molecular formula is C25H27N. The lowest BCUT2D eigenvalue weighted by Gasteiger charge is -2.22. The Kier molecular flexibility index (Phi) is 4.88. The number of nitrogens with one attached hydrogen (secondary N) is 1. The van der Waals surface area contributed by atoms with Gasteiger partial charge in [-0.1, -0.05) is 67.1 Å². The Morgan fingerprint density at radius 1 is 0.923 bits per heavy atom. The van der Waals surface area contributed by atoms with Crippen LogP contribution in [0.1, 0.15) is 55.2 Å². The van der Waals surface area contributed by atoms with E-state index in [0.717, 1.165) is 23.3 Å². The van der Waals surface area contributed by atoms with E-state index in [1.807, 2.05) is 12.1 Å². The normalized spacial score (nSPS) is 25.5. The molecule has 1 heteroatoms. The summed E-state index contributed by atoms with van der Waals surface area (Å²) in [6.07, 6.45) is 11.2. The van der Waals surface area contributed by atoms with E-state index < -0.39 is 0 Å². The third-order valence-electron chi connectivity index (χ3n) is 6.27. The van der Waals surface area contributed by atoms with Crippen LogP contribution in [0, 0.1) is 17.2 Å². The van der Waals surface area contributed by atoms with Gasteiger partial charge in [-0.25, -0.2) is 0 Å². The monoisotopic (exact) mass is 341 g/mol. The van der Waals surface area contributed by atoms with Gasteiger partial charge in [-0.05, 0) is 77.9 Å². The van der Waals surface area contributed by atoms with Gasteiger partial charge in [-0.3, -0.25) is 0 Å². The molecule has 2 aromatic rings. The summed E-state index contributed by atoms with van der Waals surface area (Å²) >= 11 is 0. The molecule has 0 saturated heterocycles. The Balaban J connectivity index is 1.57. The average Bonchev–Trinajstić information content (AvgIpc) is 3.32. The number of rotatable bonds is 5. The van der Waals surface area contributed by atoms with Gasteiger partial charge in [-0.2, -0.15) is 0 Å². The van der Waals surface area contributed by atoms with Crippen molar-refractivity contribution >= 4 is 17.4 Å². The SMILES string of the molecule is C/C(=C\C(=C/C=N)c1ccc(C2CC3CCC2C3)cc1)c1ccccc1. The van der Waals surface area contributed by atoms with Crippen LogP contribution in [-0.4, -0.2) is 6.21 Å². The van der Waals surface area contributed by atoms with Gasteiger partial charge in [0.05, 0.1) is 0 Å². The van der Waals surface area contributed by atoms with Crippen molar-refractivity contribution in [2.75, 3.05) is 0 Å². The first kappa shape index (κ1) is 17.0. The second kappa shape index (κ2) is 7.45. The molecule has 1 N–H and O–H groups in total. The van der Waals surface area contributed by atoms with Crippen LogP contribution in [0.15, 0.2) is 66.7 Å². The van der Waals surface area contributed by atoms with Crippen molar-refractivity contribution in [2.45, 2.75) is 38.5 Å². The molecule has 2 aliphatic carbocycles. The standard InChI is InChI=1S/C25H27N/c1-18(20-5-3-2-4-6-20)15-23(13-14-26)21-9-11-22(12-10-21)25-17-19-7-8-24(25)16-19/h2-6,9-15,19,24-26H,7-8,16-17H2,1H3/b18-15+,23-13+,26-14?. The summed E-state index contributed by atoms with van der Waals surface area (Å²) in [7, 11) is 0. The topological polar surface area (TPSA) is 23.9 Å². The number of allylic oxidation sites excluding steroid dienone is 4. The third-order valence-corrected chi connectivity index (χ3v) is 6.27. The smallest absolute Gasteiger partial charge is 0.0183 e. The van der Waals surface area contributed by atoms with E-state index in [9.17, 15) is 0 Å². The summed E-state index contributed by atoms with van der Waals surface area (Å²) in [6.45, 7) is 2.14. The molecule has 0 spiro atoms. The fourth-order valence-corrected chi connectivity index (χ4v) is 4.91. The first-order valence-electron chi connectivity index (χ1n) is 9.79. The zero-order valence-corrected chi connectivity index (χ0v) is 15.5. The van der Waals surface area contributed by atoms with Crippen LogP contribution in [0.4, 0.5) is 0 Å². The van der Waals surface area contributed by atoms with Crippen molar-refractivity contribution in [1.82, 2.24) is 0 Å². The number of hydrogen-bond donors (Lipinski definition) is 1. The highest BCUT2D eigenvalue weighted by molar-refractivity contribution is 5.91. The molecule has 3 unspecified atom stereocenters. The molecule has 2 aliphatic rings. The van der Waals surface area contributed by atoms with Gasteiger partial charge in [0, 0.05) is 6.21 Å². The lowest BCUT2D eigenvalue weighted by molar-refractivity contribution is 0.420. The number of hydrogen-bond acceptors (Lipinski definition) is 1. The van der Waals surface area contributed by atoms with Crippen molar-refractivity contribution in [3.63, 3.8) is 0 Å². The molecular weight excluding hydrogens is 314 g/mol. The molecule has 0 heterocycles. The van der Waals surface area contributed by atoms with Crippen LogP contribution in [0.5, 0.6) is 0 Å². The molecule has 3 atom stereocenters. The first-order chi connectivity index (χ1) is 12.7. The largest absolute Gasteiger partial charge is 0.309 e. The van der Waals surface area contributed by atoms with Crippen molar-refractivity contribution < 1.29 is 0 Å². The minimum absolute atomic E-state index is 0.777. The fraction of sp³-hybridized carbons (Fsp3) is 0.320. The van der Waals surface area contributed by atoms with E-state index in [0.29, 0.717) is 0 Å². The molecule has 132 valence electrons. The summed E-state index contributed by atoms with van der Waals surface area (Å²) in [5.74, 6) is 2.68. The van der Waals surface area contributed by atoms with Crippen LogP contribution >= 0.6 is 0 Å². The molecule has 2 bridgehead atoms. The Hall–Kier alpha value is -2.41. The van der Waals surface area contributed by atoms with Gasteiger partial charge >= 0.3 is 0 Å². The molecule has 26 heavy (non-hydrogen) atoms. The lowest BCUT2D eigenvalue weighted by atomic mass is 9.83. The molecule has 0 amide bonds. The molecule has 0 aromatic heterocycles. The maximum atomic E-state index is 7.54. The van der Waals surface area contributed by atoms with E-state index in [1.165, 1.54) is 54.2 Å². The Morgan fingerprint density at radius 3 is 2.31 bits per heavy atom. The molecule has 2 fully saturated rings. The minimum Gasteiger partial charge on any atom is -0.309 e. The van der Waals surface area contributed by atoms with E-state index in [4.69, 9.17) is 5.41 Å². The van der Waals surface area contributed by atoms with Crippen molar-refractivity contribution in [3.05, 3.63) is 83.4 Å². The molecule has 4 rings (SSSR count). The fourth-order valence-electron chi connectivity index (χ4n) is 4.91. The van der Waals surface area contributed by atoms with Crippen LogP contribution in [-0.2, 0) is 0 Å². The van der Waals surface area contributed by atoms with Crippen molar-refractivity contribution in [2.24, 2.45) is 11.8 Å². The maximum absolute atomic E-state index is 7.54. The van der Waals surface area contributed by atoms with Crippen molar-refractivity contribution in [1.29, 1.82) is 5.41 Å². The highest BCUT2D eigenvalue weighted by atomic mass is 14.4. The zero-order valence-electron chi connectivity index (χ0n) is 15.5. The van der Waals surface area contributed by atoms with Crippen LogP contribution < -0.4 is 0 Å². The molecule has 2 saturated carbocycles. The highest BCUT2D eigenvalue weighted by Crippen LogP contribution is 2.52. The summed E-state index contributed by atoms with van der Waals surface area (Å²) in [5.41, 5.74) is 6.24. The maximum Gasteiger partial charge on any atom is 0.0183 e. The van der Waals surface area contributed by atoms with E-state index >= 15 is 0 Å². The Morgan fingerprint density at radius 2 is 1.69 bits per heavy atom. The van der Waals surface area contributed by atoms with Gasteiger partial charge in [0.25, 0.3) is 0 Å². The molecule has 0 radical (unpaired) electrons. The van der Waals surface area contributed by atoms with E-state index in [-0.39, 0.29) is 0 Å². The van der Waals surface area contributed by atoms with Gasteiger partial charge in [-0.15, -0.1) is 0 Å². The Labute approximate surface area is 157 Å². The summed E-state index contributed by atoms with van der Waals surface area (Å²) in [5, 5.41) is 7.54. The van der Waals surface area contributed by atoms with Gasteiger partial charge in [0.15, 0.2) is 0 Å². The quantitative estimate of drug-likeness (QED) is 0.461. The van der Waals surface area contributed by atoms with E-state index in [2.05, 4.69) is 61.5 Å². The van der Waals surface area contributed by atoms with Crippen LogP contribution in [0.2, 0.25) is 0 Å². The van der Waals surface area contributed by atoms with Crippen molar-refractivity contribution in [3.8, 4) is 0 Å². The van der Waals surface area contributed by atoms with Crippen LogP contribution in [0.25, 0.3) is 11.1 Å². The third kappa shape index (κ3) is 3.44. The lowest BCUT2D eigenvalue weighted by Crippen LogP contribution is -2.08. The molecule has 2 aromatic carbocycles. The average molecular weight is 341 g/mol. The van der Waals surface area contributed by atoms with Gasteiger partial charge < -0.3 is 5.41 Å². The minimum atomic E-state index is 0.777. The predicted octanol–water partition coefficient (Wildman–Crippen LogP) is 6.73. The van der Waals surface area contributed by atoms with Gasteiger partial charge in [0.1, 0.15) is 0 Å². The predicted molar refractivity (Wildman–Crippen MR) is 111 cm³/mol. The molecule has 0 aliphatic heterocycles. The highest BCUT2D eigenvalue weighted by Gasteiger charge is 2.39. The second-order valence-corrected chi connectivity index (χ2v) is 7.89. The van der Waals surface area contributed by atoms with Crippen LogP contribution in [0.3, 0.4) is 0 Å². The Bertz CT molecular complexity index is 826. The second-order valence-electron chi connectivity index (χ2n) is 7.89. The summed E-state index contributed by atoms with van der Waals surface area (Å²) in [4.78, 5) is 0. The summed E-state index contributed by atoms with van der Waals surface area (Å²) < 4.78 is 0. The first-order valence-corrected chi connectivity index (χ1v) is 9.79. The van der Waals surface area contributed by atoms with E-state index in [1.54, 1.807) is 0 Å². The summed E-state index contributed by atoms with van der Waals surface area (Å²) in [6, 6.07) is 19.6. The zero-order chi connectivity index (χ0) is 17.9. The molecule has 1 nitrogen and oxygen atoms in total.